The van der Waals surface area contributed by atoms with Crippen molar-refractivity contribution in [2.24, 2.45) is 5.92 Å². The van der Waals surface area contributed by atoms with Gasteiger partial charge in [0.2, 0.25) is 0 Å². The molecule has 0 bridgehead atoms. The Morgan fingerprint density at radius 1 is 0.941 bits per heavy atom. The van der Waals surface area contributed by atoms with Crippen LogP contribution in [0.4, 0.5) is 13.2 Å². The molecule has 0 unspecified atom stereocenters. The van der Waals surface area contributed by atoms with Crippen LogP contribution in [0.3, 0.4) is 0 Å². The van der Waals surface area contributed by atoms with E-state index in [1.165, 1.54) is 17.7 Å². The molecule has 2 nitrogen and oxygen atoms in total. The Kier molecular flexibility index (Phi) is 7.62. The van der Waals surface area contributed by atoms with Crippen LogP contribution < -0.4 is 4.74 Å². The first-order chi connectivity index (χ1) is 16.3. The van der Waals surface area contributed by atoms with Gasteiger partial charge in [0.15, 0.2) is 0 Å². The van der Waals surface area contributed by atoms with E-state index in [0.717, 1.165) is 49.8 Å². The number of halogens is 4. The minimum atomic E-state index is -1.06. The molecular formula is C28H26ClF3O2. The molecule has 0 amide bonds. The molecular weight excluding hydrogens is 461 g/mol. The molecule has 1 aliphatic rings. The molecule has 4 rings (SSSR count). The van der Waals surface area contributed by atoms with Crippen molar-refractivity contribution in [2.45, 2.75) is 50.9 Å². The van der Waals surface area contributed by atoms with E-state index in [-0.39, 0.29) is 17.2 Å². The Balaban J connectivity index is 1.35. The summed E-state index contributed by atoms with van der Waals surface area (Å²) in [5.41, 5.74) is 1.93. The molecule has 1 fully saturated rings. The molecule has 0 N–H and O–H groups in total. The third-order valence-electron chi connectivity index (χ3n) is 6.75. The lowest BCUT2D eigenvalue weighted by Gasteiger charge is -2.30. The molecule has 0 radical (unpaired) electrons. The Hall–Kier alpha value is -2.79. The summed E-state index contributed by atoms with van der Waals surface area (Å²) in [4.78, 5) is 12.4. The van der Waals surface area contributed by atoms with Gasteiger partial charge in [0.1, 0.15) is 28.2 Å². The molecule has 0 heterocycles. The van der Waals surface area contributed by atoms with Crippen LogP contribution in [0.2, 0.25) is 5.02 Å². The van der Waals surface area contributed by atoms with Gasteiger partial charge in [0.05, 0.1) is 5.56 Å². The van der Waals surface area contributed by atoms with E-state index < -0.39 is 28.4 Å². The third-order valence-corrected chi connectivity index (χ3v) is 7.12. The summed E-state index contributed by atoms with van der Waals surface area (Å²) in [6.07, 6.45) is 5.25. The van der Waals surface area contributed by atoms with Crippen LogP contribution in [-0.4, -0.2) is 5.97 Å². The van der Waals surface area contributed by atoms with Crippen molar-refractivity contribution in [2.75, 3.05) is 0 Å². The molecule has 6 heteroatoms. The van der Waals surface area contributed by atoms with Crippen molar-refractivity contribution in [1.82, 2.24) is 0 Å². The average molecular weight is 487 g/mol. The van der Waals surface area contributed by atoms with E-state index in [1.54, 1.807) is 6.07 Å². The Morgan fingerprint density at radius 3 is 2.21 bits per heavy atom. The zero-order chi connectivity index (χ0) is 24.2. The fourth-order valence-corrected chi connectivity index (χ4v) is 4.96. The quantitative estimate of drug-likeness (QED) is 0.198. The third kappa shape index (κ3) is 5.64. The van der Waals surface area contributed by atoms with Crippen molar-refractivity contribution in [1.29, 1.82) is 0 Å². The number of ether oxygens (including phenoxy) is 1. The summed E-state index contributed by atoms with van der Waals surface area (Å²) < 4.78 is 46.9. The van der Waals surface area contributed by atoms with Gasteiger partial charge in [-0.25, -0.2) is 18.0 Å². The van der Waals surface area contributed by atoms with Crippen LogP contribution in [0.5, 0.6) is 5.75 Å². The van der Waals surface area contributed by atoms with Gasteiger partial charge in [0, 0.05) is 12.1 Å². The monoisotopic (exact) mass is 486 g/mol. The first-order valence-corrected chi connectivity index (χ1v) is 11.9. The molecule has 0 aromatic heterocycles. The van der Waals surface area contributed by atoms with Crippen molar-refractivity contribution < 1.29 is 22.7 Å². The predicted molar refractivity (Wildman–Crippen MR) is 127 cm³/mol. The maximum Gasteiger partial charge on any atom is 0.346 e. The summed E-state index contributed by atoms with van der Waals surface area (Å²) in [6, 6.07) is 16.6. The largest absolute Gasteiger partial charge is 0.423 e. The standard InChI is InChI=1S/C28H26ClF3O2/c1-17(19-5-3-2-4-6-19)13-18-7-9-20(10-8-18)21-11-12-23(24(30)14-21)28(33)34-22-15-25(31)27(29)26(32)16-22/h2-6,11-12,14-18,20H,7-10,13H2,1H3/t17-,18?,20?/m0/s1. The molecule has 3 aromatic rings. The highest BCUT2D eigenvalue weighted by Crippen LogP contribution is 2.40. The van der Waals surface area contributed by atoms with Crippen LogP contribution in [0.25, 0.3) is 0 Å². The van der Waals surface area contributed by atoms with Gasteiger partial charge in [-0.3, -0.25) is 0 Å². The number of benzene rings is 3. The van der Waals surface area contributed by atoms with Crippen molar-refractivity contribution in [3.8, 4) is 5.75 Å². The number of hydrogen-bond acceptors (Lipinski definition) is 2. The second-order valence-electron chi connectivity index (χ2n) is 9.09. The van der Waals surface area contributed by atoms with E-state index in [4.69, 9.17) is 16.3 Å². The maximum atomic E-state index is 14.7. The van der Waals surface area contributed by atoms with E-state index in [1.807, 2.05) is 6.07 Å². The van der Waals surface area contributed by atoms with Crippen molar-refractivity contribution in [3.05, 3.63) is 99.8 Å². The fraction of sp³-hybridized carbons (Fsp3) is 0.321. The summed E-state index contributed by atoms with van der Waals surface area (Å²) in [7, 11) is 0. The summed E-state index contributed by atoms with van der Waals surface area (Å²) >= 11 is 5.43. The van der Waals surface area contributed by atoms with Crippen molar-refractivity contribution in [3.63, 3.8) is 0 Å². The van der Waals surface area contributed by atoms with Gasteiger partial charge in [-0.1, -0.05) is 54.9 Å². The Morgan fingerprint density at radius 2 is 1.59 bits per heavy atom. The molecule has 3 aromatic carbocycles. The van der Waals surface area contributed by atoms with Crippen LogP contribution in [0, 0.1) is 23.4 Å². The molecule has 0 spiro atoms. The number of carbonyl (C=O) groups excluding carboxylic acids is 1. The Bertz CT molecular complexity index is 1130. The summed E-state index contributed by atoms with van der Waals surface area (Å²) in [5, 5.41) is -0.695. The highest BCUT2D eigenvalue weighted by Gasteiger charge is 2.25. The van der Waals surface area contributed by atoms with Crippen molar-refractivity contribution >= 4 is 17.6 Å². The zero-order valence-electron chi connectivity index (χ0n) is 18.9. The van der Waals surface area contributed by atoms with Gasteiger partial charge in [-0.2, -0.15) is 0 Å². The van der Waals surface area contributed by atoms with Gasteiger partial charge in [-0.15, -0.1) is 0 Å². The van der Waals surface area contributed by atoms with Gasteiger partial charge >= 0.3 is 5.97 Å². The Labute approximate surface area is 202 Å². The van der Waals surface area contributed by atoms with Crippen LogP contribution >= 0.6 is 11.6 Å². The molecule has 178 valence electrons. The summed E-state index contributed by atoms with van der Waals surface area (Å²) in [5.74, 6) is -2.85. The van der Waals surface area contributed by atoms with Crippen LogP contribution in [0.15, 0.2) is 60.7 Å². The highest BCUT2D eigenvalue weighted by atomic mass is 35.5. The van der Waals surface area contributed by atoms with E-state index in [9.17, 15) is 18.0 Å². The zero-order valence-corrected chi connectivity index (χ0v) is 19.6. The molecule has 34 heavy (non-hydrogen) atoms. The molecule has 0 saturated heterocycles. The first-order valence-electron chi connectivity index (χ1n) is 11.5. The summed E-state index contributed by atoms with van der Waals surface area (Å²) in [6.45, 7) is 2.27. The number of carbonyl (C=O) groups is 1. The highest BCUT2D eigenvalue weighted by molar-refractivity contribution is 6.30. The second-order valence-corrected chi connectivity index (χ2v) is 9.47. The van der Waals surface area contributed by atoms with E-state index in [2.05, 4.69) is 31.2 Å². The second kappa shape index (κ2) is 10.6. The minimum Gasteiger partial charge on any atom is -0.423 e. The average Bonchev–Trinajstić information content (AvgIpc) is 2.83. The molecule has 1 atom stereocenters. The lowest BCUT2D eigenvalue weighted by atomic mass is 9.75. The van der Waals surface area contributed by atoms with Gasteiger partial charge in [-0.05, 0) is 73.1 Å². The van der Waals surface area contributed by atoms with Crippen LogP contribution in [-0.2, 0) is 0 Å². The molecule has 1 aliphatic carbocycles. The number of esters is 1. The minimum absolute atomic E-state index is 0.238. The van der Waals surface area contributed by atoms with E-state index >= 15 is 0 Å². The lowest BCUT2D eigenvalue weighted by molar-refractivity contribution is 0.0729. The SMILES string of the molecule is C[C@@H](CC1CCC(c2ccc(C(=O)Oc3cc(F)c(Cl)c(F)c3)c(F)c2)CC1)c1ccccc1. The molecule has 0 aliphatic heterocycles. The maximum absolute atomic E-state index is 14.7. The smallest absolute Gasteiger partial charge is 0.346 e. The normalized spacial score (nSPS) is 19.0. The van der Waals surface area contributed by atoms with Gasteiger partial charge < -0.3 is 4.74 Å². The van der Waals surface area contributed by atoms with Gasteiger partial charge in [0.25, 0.3) is 0 Å². The van der Waals surface area contributed by atoms with Crippen LogP contribution in [0.1, 0.15) is 72.3 Å². The van der Waals surface area contributed by atoms with E-state index in [0.29, 0.717) is 11.8 Å². The first kappa shape index (κ1) is 24.3. The lowest BCUT2D eigenvalue weighted by Crippen LogP contribution is -2.16. The topological polar surface area (TPSA) is 26.3 Å². The molecule has 1 saturated carbocycles. The number of hydrogen-bond donors (Lipinski definition) is 0. The predicted octanol–water partition coefficient (Wildman–Crippen LogP) is 8.44. The number of rotatable bonds is 6. The fourth-order valence-electron chi connectivity index (χ4n) is 4.85.